The van der Waals surface area contributed by atoms with Gasteiger partial charge < -0.3 is 4.74 Å². The van der Waals surface area contributed by atoms with Crippen molar-refractivity contribution in [2.24, 2.45) is 5.92 Å². The lowest BCUT2D eigenvalue weighted by atomic mass is 10.1. The fourth-order valence-electron chi connectivity index (χ4n) is 1.20. The second kappa shape index (κ2) is 6.59. The number of ether oxygens (including phenoxy) is 1. The summed E-state index contributed by atoms with van der Waals surface area (Å²) in [5.74, 6) is 1.01. The minimum atomic E-state index is 0.0884. The molecule has 16 heavy (non-hydrogen) atoms. The lowest BCUT2D eigenvalue weighted by molar-refractivity contribution is -0.124. The van der Waals surface area contributed by atoms with Crippen LogP contribution in [0.3, 0.4) is 0 Å². The normalized spacial score (nSPS) is 12.2. The van der Waals surface area contributed by atoms with Gasteiger partial charge in [0.2, 0.25) is 0 Å². The van der Waals surface area contributed by atoms with Gasteiger partial charge in [-0.25, -0.2) is 0 Å². The lowest BCUT2D eigenvalue weighted by Crippen LogP contribution is -2.18. The summed E-state index contributed by atoms with van der Waals surface area (Å²) in [4.78, 5) is 12.7. The molecule has 0 aromatic heterocycles. The molecule has 0 saturated carbocycles. The predicted molar refractivity (Wildman–Crippen MR) is 68.2 cm³/mol. The van der Waals surface area contributed by atoms with Gasteiger partial charge in [0.05, 0.1) is 0 Å². The molecule has 2 nitrogen and oxygen atoms in total. The van der Waals surface area contributed by atoms with E-state index >= 15 is 0 Å². The summed E-state index contributed by atoms with van der Waals surface area (Å²) in [6, 6.07) is 7.78. The predicted octanol–water partition coefficient (Wildman–Crippen LogP) is 3.40. The second-order valence-corrected chi connectivity index (χ2v) is 4.62. The zero-order valence-corrected chi connectivity index (χ0v) is 10.8. The van der Waals surface area contributed by atoms with Crippen molar-refractivity contribution < 1.29 is 9.53 Å². The third-order valence-corrected chi connectivity index (χ3v) is 3.35. The molecule has 88 valence electrons. The zero-order valence-electron chi connectivity index (χ0n) is 10.0. The average molecular weight is 238 g/mol. The van der Waals surface area contributed by atoms with E-state index in [9.17, 15) is 4.79 Å². The van der Waals surface area contributed by atoms with Crippen LogP contribution in [0.2, 0.25) is 0 Å². The number of thioether (sulfide) groups is 1. The first-order valence-corrected chi connectivity index (χ1v) is 6.69. The fraction of sp³-hybridized carbons (Fsp3) is 0.462. The topological polar surface area (TPSA) is 26.3 Å². The molecule has 0 amide bonds. The smallest absolute Gasteiger partial charge is 0.172 e. The molecule has 0 aliphatic carbocycles. The van der Waals surface area contributed by atoms with E-state index < -0.39 is 0 Å². The van der Waals surface area contributed by atoms with E-state index in [-0.39, 0.29) is 18.3 Å². The minimum absolute atomic E-state index is 0.0884. The highest BCUT2D eigenvalue weighted by Gasteiger charge is 2.10. The van der Waals surface area contributed by atoms with Crippen molar-refractivity contribution in [1.29, 1.82) is 0 Å². The van der Waals surface area contributed by atoms with Crippen molar-refractivity contribution in [3.63, 3.8) is 0 Å². The number of carbonyl (C=O) groups is 1. The van der Waals surface area contributed by atoms with Crippen molar-refractivity contribution in [3.05, 3.63) is 24.3 Å². The molecule has 0 radical (unpaired) electrons. The van der Waals surface area contributed by atoms with Gasteiger partial charge in [0.1, 0.15) is 12.4 Å². The Morgan fingerprint density at radius 3 is 2.50 bits per heavy atom. The summed E-state index contributed by atoms with van der Waals surface area (Å²) in [5, 5.41) is 0. The molecule has 0 heterocycles. The van der Waals surface area contributed by atoms with Crippen molar-refractivity contribution in [1.82, 2.24) is 0 Å². The molecule has 1 aromatic rings. The Morgan fingerprint density at radius 2 is 2.00 bits per heavy atom. The van der Waals surface area contributed by atoms with E-state index in [1.54, 1.807) is 11.8 Å². The first-order valence-electron chi connectivity index (χ1n) is 5.47. The van der Waals surface area contributed by atoms with Gasteiger partial charge >= 0.3 is 0 Å². The summed E-state index contributed by atoms with van der Waals surface area (Å²) in [6.07, 6.45) is 2.90. The Balaban J connectivity index is 2.45. The van der Waals surface area contributed by atoms with E-state index in [0.717, 1.165) is 12.2 Å². The number of Topliss-reactive ketones (excluding diaryl/α,β-unsaturated/α-hetero) is 1. The van der Waals surface area contributed by atoms with E-state index in [0.29, 0.717) is 0 Å². The first-order chi connectivity index (χ1) is 7.67. The number of carbonyl (C=O) groups excluding carboxylic acids is 1. The Hall–Kier alpha value is -0.960. The molecular formula is C13H18O2S. The summed E-state index contributed by atoms with van der Waals surface area (Å²) in [5.41, 5.74) is 0. The van der Waals surface area contributed by atoms with Crippen molar-refractivity contribution in [2.75, 3.05) is 12.9 Å². The summed E-state index contributed by atoms with van der Waals surface area (Å²) >= 11 is 1.69. The molecule has 1 unspecified atom stereocenters. The van der Waals surface area contributed by atoms with Crippen LogP contribution in [0.5, 0.6) is 5.75 Å². The van der Waals surface area contributed by atoms with Crippen molar-refractivity contribution >= 4 is 17.5 Å². The van der Waals surface area contributed by atoms with Crippen LogP contribution in [0.1, 0.15) is 20.3 Å². The standard InChI is InChI=1S/C13H18O2S/c1-4-10(2)13(14)9-15-11-5-7-12(16-3)8-6-11/h5-8,10H,4,9H2,1-3H3. The summed E-state index contributed by atoms with van der Waals surface area (Å²) in [7, 11) is 0. The van der Waals surface area contributed by atoms with Crippen LogP contribution in [-0.4, -0.2) is 18.6 Å². The fourth-order valence-corrected chi connectivity index (χ4v) is 1.60. The second-order valence-electron chi connectivity index (χ2n) is 3.74. The van der Waals surface area contributed by atoms with E-state index in [1.807, 2.05) is 44.4 Å². The monoisotopic (exact) mass is 238 g/mol. The largest absolute Gasteiger partial charge is 0.486 e. The Labute approximate surface area is 101 Å². The molecule has 0 aliphatic heterocycles. The van der Waals surface area contributed by atoms with Gasteiger partial charge in [0, 0.05) is 10.8 Å². The Bertz CT molecular complexity index is 332. The Kier molecular flexibility index (Phi) is 5.39. The molecule has 3 heteroatoms. The maximum atomic E-state index is 11.5. The number of benzene rings is 1. The highest BCUT2D eigenvalue weighted by molar-refractivity contribution is 7.98. The van der Waals surface area contributed by atoms with Crippen LogP contribution in [0.15, 0.2) is 29.2 Å². The van der Waals surface area contributed by atoms with Crippen LogP contribution in [-0.2, 0) is 4.79 Å². The van der Waals surface area contributed by atoms with Crippen molar-refractivity contribution in [2.45, 2.75) is 25.2 Å². The number of rotatable bonds is 6. The van der Waals surface area contributed by atoms with Crippen LogP contribution in [0.4, 0.5) is 0 Å². The van der Waals surface area contributed by atoms with Gasteiger partial charge in [0.25, 0.3) is 0 Å². The first kappa shape index (κ1) is 13.1. The number of hydrogen-bond acceptors (Lipinski definition) is 3. The van der Waals surface area contributed by atoms with Gasteiger partial charge in [-0.3, -0.25) is 4.79 Å². The molecular weight excluding hydrogens is 220 g/mol. The number of hydrogen-bond donors (Lipinski definition) is 0. The maximum Gasteiger partial charge on any atom is 0.172 e. The molecule has 1 atom stereocenters. The summed E-state index contributed by atoms with van der Waals surface area (Å²) < 4.78 is 5.43. The third-order valence-electron chi connectivity index (χ3n) is 2.60. The third kappa shape index (κ3) is 3.89. The van der Waals surface area contributed by atoms with E-state index in [4.69, 9.17) is 4.74 Å². The zero-order chi connectivity index (χ0) is 12.0. The molecule has 0 saturated heterocycles. The van der Waals surface area contributed by atoms with Crippen LogP contribution < -0.4 is 4.74 Å². The molecule has 0 fully saturated rings. The highest BCUT2D eigenvalue weighted by Crippen LogP contribution is 2.19. The van der Waals surface area contributed by atoms with Gasteiger partial charge in [-0.2, -0.15) is 0 Å². The number of ketones is 1. The summed E-state index contributed by atoms with van der Waals surface area (Å²) in [6.45, 7) is 4.12. The molecule has 0 bridgehead atoms. The van der Waals surface area contributed by atoms with Gasteiger partial charge in [-0.1, -0.05) is 13.8 Å². The minimum Gasteiger partial charge on any atom is -0.486 e. The molecule has 0 N–H and O–H groups in total. The van der Waals surface area contributed by atoms with Gasteiger partial charge in [-0.15, -0.1) is 11.8 Å². The quantitative estimate of drug-likeness (QED) is 0.710. The van der Waals surface area contributed by atoms with Gasteiger partial charge in [0.15, 0.2) is 5.78 Å². The van der Waals surface area contributed by atoms with Crippen LogP contribution in [0, 0.1) is 5.92 Å². The van der Waals surface area contributed by atoms with E-state index in [2.05, 4.69) is 0 Å². The SMILES string of the molecule is CCC(C)C(=O)COc1ccc(SC)cc1. The molecule has 1 aromatic carbocycles. The Morgan fingerprint density at radius 1 is 1.38 bits per heavy atom. The molecule has 0 spiro atoms. The molecule has 0 aliphatic rings. The van der Waals surface area contributed by atoms with Crippen molar-refractivity contribution in [3.8, 4) is 5.75 Å². The van der Waals surface area contributed by atoms with Gasteiger partial charge in [-0.05, 0) is 36.9 Å². The van der Waals surface area contributed by atoms with Crippen LogP contribution in [0.25, 0.3) is 0 Å². The lowest BCUT2D eigenvalue weighted by Gasteiger charge is -2.09. The molecule has 1 rings (SSSR count). The van der Waals surface area contributed by atoms with E-state index in [1.165, 1.54) is 4.90 Å². The maximum absolute atomic E-state index is 11.5. The highest BCUT2D eigenvalue weighted by atomic mass is 32.2. The average Bonchev–Trinajstić information content (AvgIpc) is 2.35. The van der Waals surface area contributed by atoms with Crippen LogP contribution >= 0.6 is 11.8 Å².